The lowest BCUT2D eigenvalue weighted by Gasteiger charge is -2.12. The first-order valence-electron chi connectivity index (χ1n) is 9.07. The first kappa shape index (κ1) is 13.7. The van der Waals surface area contributed by atoms with Gasteiger partial charge in [0.15, 0.2) is 11.4 Å². The van der Waals surface area contributed by atoms with E-state index in [2.05, 4.69) is 10.3 Å². The first-order valence-corrected chi connectivity index (χ1v) is 7.57. The standard InChI is InChI=1S/C19H16N2O5/c1-11-15-9-13(26-12-5-3-2-4-6-12)7-8-14(15)18(24)17(21-11)19(25)20-10-16(22)23/h2-9,24H,10H2,1H3,(H,20,25)(H,22,23)/i1D3. The second-order valence-electron chi connectivity index (χ2n) is 5.36. The van der Waals surface area contributed by atoms with Crippen molar-refractivity contribution in [1.29, 1.82) is 0 Å². The SMILES string of the molecule is [2H]C([2H])([2H])c1nc(C(=O)NCC(=O)O)c(O)c2ccc(Oc3ccccc3)cc12. The fourth-order valence-corrected chi connectivity index (χ4v) is 2.36. The number of fused-ring (bicyclic) bond motifs is 1. The van der Waals surface area contributed by atoms with Gasteiger partial charge in [0.05, 0.1) is 0 Å². The predicted molar refractivity (Wildman–Crippen MR) is 94.6 cm³/mol. The molecular weight excluding hydrogens is 336 g/mol. The average molecular weight is 355 g/mol. The van der Waals surface area contributed by atoms with Gasteiger partial charge in [-0.25, -0.2) is 4.98 Å². The van der Waals surface area contributed by atoms with Gasteiger partial charge in [0.2, 0.25) is 0 Å². The van der Waals surface area contributed by atoms with E-state index < -0.39 is 42.4 Å². The van der Waals surface area contributed by atoms with Gasteiger partial charge in [-0.3, -0.25) is 9.59 Å². The number of hydrogen-bond acceptors (Lipinski definition) is 5. The molecule has 0 saturated carbocycles. The summed E-state index contributed by atoms with van der Waals surface area (Å²) >= 11 is 0. The van der Waals surface area contributed by atoms with Crippen LogP contribution in [0, 0.1) is 6.85 Å². The number of rotatable bonds is 5. The molecule has 3 rings (SSSR count). The minimum absolute atomic E-state index is 0.0759. The van der Waals surface area contributed by atoms with Gasteiger partial charge in [-0.1, -0.05) is 18.2 Å². The van der Waals surface area contributed by atoms with Gasteiger partial charge in [0.25, 0.3) is 5.91 Å². The van der Waals surface area contributed by atoms with Gasteiger partial charge in [-0.2, -0.15) is 0 Å². The molecule has 3 aromatic rings. The molecule has 0 unspecified atom stereocenters. The number of carboxylic acids is 1. The van der Waals surface area contributed by atoms with Crippen LogP contribution >= 0.6 is 0 Å². The Labute approximate surface area is 153 Å². The van der Waals surface area contributed by atoms with Crippen molar-refractivity contribution in [3.05, 3.63) is 59.9 Å². The number of carbonyl (C=O) groups is 2. The smallest absolute Gasteiger partial charge is 0.322 e. The van der Waals surface area contributed by atoms with Crippen molar-refractivity contribution in [2.45, 2.75) is 6.85 Å². The number of pyridine rings is 1. The van der Waals surface area contributed by atoms with Gasteiger partial charge >= 0.3 is 5.97 Å². The van der Waals surface area contributed by atoms with Crippen LogP contribution in [-0.2, 0) is 4.79 Å². The van der Waals surface area contributed by atoms with Crippen molar-refractivity contribution in [3.8, 4) is 17.2 Å². The van der Waals surface area contributed by atoms with E-state index >= 15 is 0 Å². The summed E-state index contributed by atoms with van der Waals surface area (Å²) < 4.78 is 28.9. The molecule has 0 bridgehead atoms. The number of ether oxygens (including phenoxy) is 1. The van der Waals surface area contributed by atoms with Crippen LogP contribution in [0.4, 0.5) is 0 Å². The lowest BCUT2D eigenvalue weighted by Crippen LogP contribution is -2.30. The molecule has 1 amide bonds. The Kier molecular flexibility index (Phi) is 3.73. The van der Waals surface area contributed by atoms with E-state index in [0.717, 1.165) is 0 Å². The third-order valence-electron chi connectivity index (χ3n) is 3.54. The van der Waals surface area contributed by atoms with Crippen LogP contribution in [0.5, 0.6) is 17.2 Å². The van der Waals surface area contributed by atoms with E-state index in [1.54, 1.807) is 24.3 Å². The first-order chi connectivity index (χ1) is 13.7. The van der Waals surface area contributed by atoms with Gasteiger partial charge in [0.1, 0.15) is 18.0 Å². The van der Waals surface area contributed by atoms with Crippen molar-refractivity contribution in [2.75, 3.05) is 6.54 Å². The summed E-state index contributed by atoms with van der Waals surface area (Å²) in [5, 5.41) is 21.4. The number of para-hydroxylation sites is 1. The van der Waals surface area contributed by atoms with Gasteiger partial charge < -0.3 is 20.3 Å². The lowest BCUT2D eigenvalue weighted by atomic mass is 10.1. The molecule has 7 nitrogen and oxygen atoms in total. The minimum Gasteiger partial charge on any atom is -0.505 e. The van der Waals surface area contributed by atoms with Crippen molar-refractivity contribution < 1.29 is 28.7 Å². The summed E-state index contributed by atoms with van der Waals surface area (Å²) in [5.41, 5.74) is -0.981. The molecule has 1 aromatic heterocycles. The largest absolute Gasteiger partial charge is 0.505 e. The molecule has 0 fully saturated rings. The van der Waals surface area contributed by atoms with E-state index in [-0.39, 0.29) is 10.8 Å². The molecular formula is C19H16N2O5. The van der Waals surface area contributed by atoms with Gasteiger partial charge in [-0.05, 0) is 37.2 Å². The Morgan fingerprint density at radius 1 is 1.15 bits per heavy atom. The zero-order valence-corrected chi connectivity index (χ0v) is 13.4. The molecule has 1 heterocycles. The van der Waals surface area contributed by atoms with Crippen LogP contribution in [0.2, 0.25) is 0 Å². The molecule has 0 saturated heterocycles. The fraction of sp³-hybridized carbons (Fsp3) is 0.105. The van der Waals surface area contributed by atoms with Crippen LogP contribution < -0.4 is 10.1 Å². The van der Waals surface area contributed by atoms with Crippen LogP contribution in [-0.4, -0.2) is 33.6 Å². The number of aromatic hydroxyl groups is 1. The fourth-order valence-electron chi connectivity index (χ4n) is 2.36. The van der Waals surface area contributed by atoms with Crippen molar-refractivity contribution in [1.82, 2.24) is 10.3 Å². The Morgan fingerprint density at radius 3 is 2.62 bits per heavy atom. The van der Waals surface area contributed by atoms with Gasteiger partial charge in [-0.15, -0.1) is 0 Å². The zero-order chi connectivity index (χ0) is 21.2. The summed E-state index contributed by atoms with van der Waals surface area (Å²) in [6.07, 6.45) is 0. The summed E-state index contributed by atoms with van der Waals surface area (Å²) in [6.45, 7) is -3.40. The van der Waals surface area contributed by atoms with Crippen LogP contribution in [0.3, 0.4) is 0 Å². The summed E-state index contributed by atoms with van der Waals surface area (Å²) in [6, 6.07) is 13.2. The van der Waals surface area contributed by atoms with E-state index in [9.17, 15) is 14.7 Å². The zero-order valence-electron chi connectivity index (χ0n) is 16.4. The molecule has 0 radical (unpaired) electrons. The monoisotopic (exact) mass is 355 g/mol. The maximum absolute atomic E-state index is 12.2. The number of hydrogen-bond donors (Lipinski definition) is 3. The number of aromatic nitrogens is 1. The second kappa shape index (κ2) is 7.10. The Balaban J connectivity index is 2.11. The molecule has 132 valence electrons. The van der Waals surface area contributed by atoms with Crippen LogP contribution in [0.15, 0.2) is 48.5 Å². The summed E-state index contributed by atoms with van der Waals surface area (Å²) in [4.78, 5) is 26.7. The highest BCUT2D eigenvalue weighted by atomic mass is 16.5. The van der Waals surface area contributed by atoms with Crippen molar-refractivity contribution in [3.63, 3.8) is 0 Å². The molecule has 3 N–H and O–H groups in total. The van der Waals surface area contributed by atoms with Gasteiger partial charge in [0, 0.05) is 20.6 Å². The molecule has 0 aliphatic rings. The van der Waals surface area contributed by atoms with E-state index in [4.69, 9.17) is 14.0 Å². The molecule has 26 heavy (non-hydrogen) atoms. The predicted octanol–water partition coefficient (Wildman–Crippen LogP) is 2.86. The molecule has 0 atom stereocenters. The number of amides is 1. The number of aliphatic carboxylic acids is 1. The van der Waals surface area contributed by atoms with Crippen LogP contribution in [0.1, 0.15) is 20.3 Å². The average Bonchev–Trinajstić information content (AvgIpc) is 2.66. The Hall–Kier alpha value is -3.61. The molecule has 2 aromatic carbocycles. The number of carboxylic acid groups (broad SMARTS) is 1. The maximum atomic E-state index is 12.2. The highest BCUT2D eigenvalue weighted by Gasteiger charge is 2.18. The Morgan fingerprint density at radius 2 is 1.92 bits per heavy atom. The van der Waals surface area contributed by atoms with Crippen LogP contribution in [0.25, 0.3) is 10.8 Å². The van der Waals surface area contributed by atoms with E-state index in [0.29, 0.717) is 11.5 Å². The number of aryl methyl sites for hydroxylation is 1. The minimum atomic E-state index is -2.70. The molecule has 0 spiro atoms. The summed E-state index contributed by atoms with van der Waals surface area (Å²) in [5.74, 6) is -2.00. The number of carbonyl (C=O) groups excluding carboxylic acids is 1. The number of benzene rings is 2. The van der Waals surface area contributed by atoms with Crippen molar-refractivity contribution >= 4 is 22.6 Å². The molecule has 7 heteroatoms. The van der Waals surface area contributed by atoms with E-state index in [1.165, 1.54) is 18.2 Å². The third kappa shape index (κ3) is 3.56. The Bertz CT molecular complexity index is 1080. The highest BCUT2D eigenvalue weighted by Crippen LogP contribution is 2.33. The normalized spacial score (nSPS) is 12.7. The highest BCUT2D eigenvalue weighted by molar-refractivity contribution is 6.03. The number of nitrogens with one attached hydrogen (secondary N) is 1. The quantitative estimate of drug-likeness (QED) is 0.649. The lowest BCUT2D eigenvalue weighted by molar-refractivity contribution is -0.135. The van der Waals surface area contributed by atoms with E-state index in [1.807, 2.05) is 6.07 Å². The summed E-state index contributed by atoms with van der Waals surface area (Å²) in [7, 11) is 0. The van der Waals surface area contributed by atoms with Crippen molar-refractivity contribution in [2.24, 2.45) is 0 Å². The maximum Gasteiger partial charge on any atom is 0.322 e. The second-order valence-corrected chi connectivity index (χ2v) is 5.36. The topological polar surface area (TPSA) is 109 Å². The number of nitrogens with zero attached hydrogens (tertiary/aromatic N) is 1. The molecule has 0 aliphatic carbocycles. The third-order valence-corrected chi connectivity index (χ3v) is 3.54. The molecule has 0 aliphatic heterocycles.